The maximum atomic E-state index is 13.2. The fourth-order valence-corrected chi connectivity index (χ4v) is 1.93. The van der Waals surface area contributed by atoms with Crippen molar-refractivity contribution < 1.29 is 13.5 Å². The Morgan fingerprint density at radius 3 is 2.62 bits per heavy atom. The van der Waals surface area contributed by atoms with Gasteiger partial charge in [0.15, 0.2) is 11.6 Å². The Hall–Kier alpha value is -2.24. The third kappa shape index (κ3) is 3.65. The molecule has 112 valence electrons. The first-order valence-electron chi connectivity index (χ1n) is 6.86. The Morgan fingerprint density at radius 2 is 1.95 bits per heavy atom. The molecule has 0 spiro atoms. The van der Waals surface area contributed by atoms with Crippen LogP contribution in [0.3, 0.4) is 0 Å². The summed E-state index contributed by atoms with van der Waals surface area (Å²) in [5, 5.41) is 3.14. The van der Waals surface area contributed by atoms with Gasteiger partial charge in [-0.2, -0.15) is 0 Å². The van der Waals surface area contributed by atoms with Gasteiger partial charge >= 0.3 is 0 Å². The summed E-state index contributed by atoms with van der Waals surface area (Å²) in [6.07, 6.45) is 2.99. The van der Waals surface area contributed by atoms with Gasteiger partial charge < -0.3 is 10.1 Å². The van der Waals surface area contributed by atoms with E-state index in [1.54, 1.807) is 0 Å². The van der Waals surface area contributed by atoms with Crippen molar-refractivity contribution in [2.75, 3.05) is 11.9 Å². The SMILES string of the molecule is CCCc1c(NCC)ncnc1Oc1ccc(F)c(F)c1. The van der Waals surface area contributed by atoms with Crippen LogP contribution in [-0.4, -0.2) is 16.5 Å². The highest BCUT2D eigenvalue weighted by molar-refractivity contribution is 5.49. The molecular weight excluding hydrogens is 276 g/mol. The van der Waals surface area contributed by atoms with Crippen molar-refractivity contribution in [1.29, 1.82) is 0 Å². The lowest BCUT2D eigenvalue weighted by molar-refractivity contribution is 0.441. The molecule has 6 heteroatoms. The molecule has 1 aromatic carbocycles. The number of nitrogens with one attached hydrogen (secondary N) is 1. The molecule has 0 aliphatic rings. The van der Waals surface area contributed by atoms with E-state index in [9.17, 15) is 8.78 Å². The monoisotopic (exact) mass is 293 g/mol. The molecule has 21 heavy (non-hydrogen) atoms. The predicted octanol–water partition coefficient (Wildman–Crippen LogP) is 3.93. The second kappa shape index (κ2) is 6.97. The molecule has 2 aromatic rings. The molecule has 1 aromatic heterocycles. The number of aromatic nitrogens is 2. The molecule has 1 N–H and O–H groups in total. The average Bonchev–Trinajstić information content (AvgIpc) is 2.46. The summed E-state index contributed by atoms with van der Waals surface area (Å²) >= 11 is 0. The number of hydrogen-bond donors (Lipinski definition) is 1. The van der Waals surface area contributed by atoms with Gasteiger partial charge in [0.1, 0.15) is 17.9 Å². The van der Waals surface area contributed by atoms with E-state index in [0.717, 1.165) is 37.1 Å². The van der Waals surface area contributed by atoms with Crippen molar-refractivity contribution in [3.05, 3.63) is 41.7 Å². The fourth-order valence-electron chi connectivity index (χ4n) is 1.93. The van der Waals surface area contributed by atoms with Crippen LogP contribution in [0.15, 0.2) is 24.5 Å². The third-order valence-corrected chi connectivity index (χ3v) is 2.86. The average molecular weight is 293 g/mol. The maximum absolute atomic E-state index is 13.2. The highest BCUT2D eigenvalue weighted by Gasteiger charge is 2.13. The second-order valence-corrected chi connectivity index (χ2v) is 4.46. The Bertz CT molecular complexity index is 620. The number of nitrogens with zero attached hydrogens (tertiary/aromatic N) is 2. The van der Waals surface area contributed by atoms with Gasteiger partial charge in [-0.3, -0.25) is 0 Å². The Labute approximate surface area is 122 Å². The van der Waals surface area contributed by atoms with E-state index >= 15 is 0 Å². The smallest absolute Gasteiger partial charge is 0.227 e. The quantitative estimate of drug-likeness (QED) is 0.876. The van der Waals surface area contributed by atoms with Gasteiger partial charge in [0.25, 0.3) is 0 Å². The van der Waals surface area contributed by atoms with Gasteiger partial charge in [-0.25, -0.2) is 18.7 Å². The lowest BCUT2D eigenvalue weighted by Crippen LogP contribution is -2.06. The number of benzene rings is 1. The summed E-state index contributed by atoms with van der Waals surface area (Å²) in [7, 11) is 0. The van der Waals surface area contributed by atoms with Crippen molar-refractivity contribution in [3.8, 4) is 11.6 Å². The van der Waals surface area contributed by atoms with Gasteiger partial charge in [0.2, 0.25) is 5.88 Å². The van der Waals surface area contributed by atoms with Crippen molar-refractivity contribution in [2.24, 2.45) is 0 Å². The second-order valence-electron chi connectivity index (χ2n) is 4.46. The lowest BCUT2D eigenvalue weighted by Gasteiger charge is -2.13. The molecule has 0 saturated heterocycles. The maximum Gasteiger partial charge on any atom is 0.227 e. The van der Waals surface area contributed by atoms with E-state index < -0.39 is 11.6 Å². The van der Waals surface area contributed by atoms with Gasteiger partial charge in [-0.15, -0.1) is 0 Å². The standard InChI is InChI=1S/C15H17F2N3O/c1-3-5-11-14(18-4-2)19-9-20-15(11)21-10-6-7-12(16)13(17)8-10/h6-9H,3-5H2,1-2H3,(H,18,19,20). The van der Waals surface area contributed by atoms with E-state index in [1.165, 1.54) is 12.4 Å². The molecule has 0 unspecified atom stereocenters. The summed E-state index contributed by atoms with van der Waals surface area (Å²) in [5.74, 6) is -0.606. The van der Waals surface area contributed by atoms with Crippen molar-refractivity contribution in [3.63, 3.8) is 0 Å². The Balaban J connectivity index is 2.33. The van der Waals surface area contributed by atoms with Crippen molar-refractivity contribution in [1.82, 2.24) is 9.97 Å². The topological polar surface area (TPSA) is 47.0 Å². The largest absolute Gasteiger partial charge is 0.438 e. The molecule has 0 fully saturated rings. The molecule has 2 rings (SSSR count). The summed E-state index contributed by atoms with van der Waals surface area (Å²) in [4.78, 5) is 8.28. The van der Waals surface area contributed by atoms with E-state index in [1.807, 2.05) is 13.8 Å². The van der Waals surface area contributed by atoms with E-state index in [2.05, 4.69) is 15.3 Å². The van der Waals surface area contributed by atoms with Crippen molar-refractivity contribution >= 4 is 5.82 Å². The minimum absolute atomic E-state index is 0.201. The molecule has 0 bridgehead atoms. The number of rotatable bonds is 6. The molecule has 0 saturated carbocycles. The number of hydrogen-bond acceptors (Lipinski definition) is 4. The summed E-state index contributed by atoms with van der Waals surface area (Å²) in [6.45, 7) is 4.72. The zero-order valence-corrected chi connectivity index (χ0v) is 12.0. The zero-order chi connectivity index (χ0) is 15.2. The molecule has 0 aliphatic heterocycles. The van der Waals surface area contributed by atoms with Crippen LogP contribution in [0, 0.1) is 11.6 Å². The van der Waals surface area contributed by atoms with E-state index in [0.29, 0.717) is 11.7 Å². The van der Waals surface area contributed by atoms with Crippen LogP contribution in [-0.2, 0) is 6.42 Å². The Morgan fingerprint density at radius 1 is 1.14 bits per heavy atom. The molecule has 0 radical (unpaired) electrons. The first-order chi connectivity index (χ1) is 10.2. The van der Waals surface area contributed by atoms with Gasteiger partial charge in [-0.05, 0) is 25.5 Å². The van der Waals surface area contributed by atoms with Gasteiger partial charge in [-0.1, -0.05) is 13.3 Å². The summed E-state index contributed by atoms with van der Waals surface area (Å²) in [5.41, 5.74) is 0.826. The summed E-state index contributed by atoms with van der Waals surface area (Å²) in [6, 6.07) is 3.39. The first kappa shape index (κ1) is 15.2. The highest BCUT2D eigenvalue weighted by Crippen LogP contribution is 2.28. The number of anilines is 1. The molecule has 0 aliphatic carbocycles. The molecule has 0 amide bonds. The van der Waals surface area contributed by atoms with Crippen LogP contribution in [0.25, 0.3) is 0 Å². The molecular formula is C15H17F2N3O. The van der Waals surface area contributed by atoms with Crippen LogP contribution < -0.4 is 10.1 Å². The van der Waals surface area contributed by atoms with Crippen LogP contribution in [0.1, 0.15) is 25.8 Å². The molecule has 1 heterocycles. The highest BCUT2D eigenvalue weighted by atomic mass is 19.2. The first-order valence-corrected chi connectivity index (χ1v) is 6.86. The Kier molecular flexibility index (Phi) is 5.03. The van der Waals surface area contributed by atoms with Crippen LogP contribution >= 0.6 is 0 Å². The predicted molar refractivity (Wildman–Crippen MR) is 76.6 cm³/mol. The fraction of sp³-hybridized carbons (Fsp3) is 0.333. The number of ether oxygens (including phenoxy) is 1. The van der Waals surface area contributed by atoms with Crippen LogP contribution in [0.4, 0.5) is 14.6 Å². The van der Waals surface area contributed by atoms with E-state index in [4.69, 9.17) is 4.74 Å². The van der Waals surface area contributed by atoms with E-state index in [-0.39, 0.29) is 5.75 Å². The normalized spacial score (nSPS) is 10.5. The van der Waals surface area contributed by atoms with Crippen LogP contribution in [0.5, 0.6) is 11.6 Å². The minimum atomic E-state index is -0.953. The van der Waals surface area contributed by atoms with Gasteiger partial charge in [0, 0.05) is 12.6 Å². The van der Waals surface area contributed by atoms with Crippen molar-refractivity contribution in [2.45, 2.75) is 26.7 Å². The third-order valence-electron chi connectivity index (χ3n) is 2.86. The minimum Gasteiger partial charge on any atom is -0.438 e. The van der Waals surface area contributed by atoms with Crippen LogP contribution in [0.2, 0.25) is 0 Å². The molecule has 4 nitrogen and oxygen atoms in total. The zero-order valence-electron chi connectivity index (χ0n) is 12.0. The number of halogens is 2. The van der Waals surface area contributed by atoms with Gasteiger partial charge in [0.05, 0.1) is 5.56 Å². The summed E-state index contributed by atoms with van der Waals surface area (Å²) < 4.78 is 31.8. The molecule has 0 atom stereocenters. The lowest BCUT2D eigenvalue weighted by atomic mass is 10.1.